The van der Waals surface area contributed by atoms with Crippen LogP contribution in [-0.4, -0.2) is 36.9 Å². The van der Waals surface area contributed by atoms with E-state index in [2.05, 4.69) is 15.2 Å². The molecule has 0 radical (unpaired) electrons. The summed E-state index contributed by atoms with van der Waals surface area (Å²) in [7, 11) is 0. The summed E-state index contributed by atoms with van der Waals surface area (Å²) in [5, 5.41) is 20.6. The van der Waals surface area contributed by atoms with Gasteiger partial charge in [-0.1, -0.05) is 22.9 Å². The lowest BCUT2D eigenvalue weighted by Crippen LogP contribution is -2.05. The quantitative estimate of drug-likeness (QED) is 0.375. The largest absolute Gasteiger partial charge is 0.489 e. The zero-order valence-corrected chi connectivity index (χ0v) is 18.7. The minimum atomic E-state index is -0.796. The smallest absolute Gasteiger partial charge is 0.303 e. The van der Waals surface area contributed by atoms with Crippen LogP contribution in [0.3, 0.4) is 0 Å². The van der Waals surface area contributed by atoms with Gasteiger partial charge in [0.05, 0.1) is 11.1 Å². The maximum Gasteiger partial charge on any atom is 0.303 e. The van der Waals surface area contributed by atoms with Crippen molar-refractivity contribution < 1.29 is 14.6 Å². The van der Waals surface area contributed by atoms with Crippen LogP contribution in [-0.2, 0) is 11.3 Å². The molecule has 0 bridgehead atoms. The predicted octanol–water partition coefficient (Wildman–Crippen LogP) is 5.53. The highest BCUT2D eigenvalue weighted by atomic mass is 35.5. The number of carbonyl (C=O) groups is 1. The van der Waals surface area contributed by atoms with Gasteiger partial charge in [-0.15, -0.1) is 10.2 Å². The SMILES string of the molecule is CC(C)Oc1ccc(-c2nnc(-c3ccnc4c3ccn4CCCC(=O)O)s2)cc1Cl. The number of benzene rings is 1. The van der Waals surface area contributed by atoms with Crippen molar-refractivity contribution in [2.75, 3.05) is 0 Å². The summed E-state index contributed by atoms with van der Waals surface area (Å²) in [6.07, 6.45) is 4.38. The van der Waals surface area contributed by atoms with Crippen molar-refractivity contribution in [3.8, 4) is 26.9 Å². The number of hydrogen-bond acceptors (Lipinski definition) is 6. The number of rotatable bonds is 8. The fourth-order valence-electron chi connectivity index (χ4n) is 3.29. The number of aryl methyl sites for hydroxylation is 1. The van der Waals surface area contributed by atoms with Crippen LogP contribution >= 0.6 is 22.9 Å². The Kier molecular flexibility index (Phi) is 6.20. The third kappa shape index (κ3) is 4.70. The molecule has 160 valence electrons. The van der Waals surface area contributed by atoms with Crippen LogP contribution in [0, 0.1) is 0 Å². The number of halogens is 1. The molecule has 1 aromatic carbocycles. The highest BCUT2D eigenvalue weighted by molar-refractivity contribution is 7.18. The Morgan fingerprint density at radius 2 is 2.03 bits per heavy atom. The Balaban J connectivity index is 1.61. The Bertz CT molecular complexity index is 1230. The lowest BCUT2D eigenvalue weighted by atomic mass is 10.2. The molecule has 0 unspecified atom stereocenters. The topological polar surface area (TPSA) is 90.1 Å². The molecule has 1 N–H and O–H groups in total. The highest BCUT2D eigenvalue weighted by Gasteiger charge is 2.15. The Morgan fingerprint density at radius 3 is 2.77 bits per heavy atom. The molecule has 0 aliphatic carbocycles. The number of aliphatic carboxylic acids is 1. The van der Waals surface area contributed by atoms with E-state index in [1.807, 2.05) is 54.9 Å². The van der Waals surface area contributed by atoms with Gasteiger partial charge in [0, 0.05) is 41.9 Å². The lowest BCUT2D eigenvalue weighted by Gasteiger charge is -2.11. The number of carboxylic acid groups (broad SMARTS) is 1. The Morgan fingerprint density at radius 1 is 1.23 bits per heavy atom. The maximum atomic E-state index is 10.8. The average molecular weight is 457 g/mol. The zero-order chi connectivity index (χ0) is 22.0. The van der Waals surface area contributed by atoms with Gasteiger partial charge in [0.2, 0.25) is 0 Å². The Hall–Kier alpha value is -2.97. The molecule has 0 aliphatic rings. The first-order valence-corrected chi connectivity index (χ1v) is 11.1. The summed E-state index contributed by atoms with van der Waals surface area (Å²) in [6.45, 7) is 4.50. The number of carboxylic acids is 1. The van der Waals surface area contributed by atoms with Crippen LogP contribution in [0.15, 0.2) is 42.7 Å². The third-order valence-electron chi connectivity index (χ3n) is 4.65. The molecule has 0 aliphatic heterocycles. The maximum absolute atomic E-state index is 10.8. The summed E-state index contributed by atoms with van der Waals surface area (Å²) in [5.74, 6) is -0.152. The van der Waals surface area contributed by atoms with Gasteiger partial charge in [-0.25, -0.2) is 4.98 Å². The van der Waals surface area contributed by atoms with Gasteiger partial charge in [-0.3, -0.25) is 4.79 Å². The Labute approximate surface area is 188 Å². The number of aromatic nitrogens is 4. The van der Waals surface area contributed by atoms with Gasteiger partial charge >= 0.3 is 5.97 Å². The molecule has 4 aromatic rings. The van der Waals surface area contributed by atoms with Gasteiger partial charge in [0.15, 0.2) is 0 Å². The second kappa shape index (κ2) is 9.03. The van der Waals surface area contributed by atoms with E-state index in [-0.39, 0.29) is 12.5 Å². The highest BCUT2D eigenvalue weighted by Crippen LogP contribution is 2.36. The summed E-state index contributed by atoms with van der Waals surface area (Å²) in [6, 6.07) is 9.51. The van der Waals surface area contributed by atoms with Crippen LogP contribution in [0.5, 0.6) is 5.75 Å². The molecular formula is C22H21ClN4O3S. The second-order valence-electron chi connectivity index (χ2n) is 7.33. The molecule has 4 rings (SSSR count). The van der Waals surface area contributed by atoms with E-state index >= 15 is 0 Å². The molecule has 0 spiro atoms. The molecule has 7 nitrogen and oxygen atoms in total. The van der Waals surface area contributed by atoms with Crippen molar-refractivity contribution in [3.63, 3.8) is 0 Å². The molecule has 3 aromatic heterocycles. The fourth-order valence-corrected chi connectivity index (χ4v) is 4.39. The standard InChI is InChI=1S/C22H21ClN4O3S/c1-13(2)30-18-6-5-14(12-17(18)23)21-25-26-22(31-21)16-7-9-24-20-15(16)8-11-27(20)10-3-4-19(28)29/h5-9,11-13H,3-4,10H2,1-2H3,(H,28,29). The molecule has 31 heavy (non-hydrogen) atoms. The first kappa shape index (κ1) is 21.3. The number of ether oxygens (including phenoxy) is 1. The van der Waals surface area contributed by atoms with Crippen molar-refractivity contribution in [2.24, 2.45) is 0 Å². The van der Waals surface area contributed by atoms with Crippen molar-refractivity contribution in [3.05, 3.63) is 47.7 Å². The first-order chi connectivity index (χ1) is 14.9. The molecule has 0 amide bonds. The van der Waals surface area contributed by atoms with E-state index in [0.717, 1.165) is 32.2 Å². The number of nitrogens with zero attached hydrogens (tertiary/aromatic N) is 4. The molecule has 9 heteroatoms. The number of hydrogen-bond donors (Lipinski definition) is 1. The molecule has 0 atom stereocenters. The van der Waals surface area contributed by atoms with E-state index in [1.54, 1.807) is 6.20 Å². The van der Waals surface area contributed by atoms with Crippen molar-refractivity contribution in [1.82, 2.24) is 19.7 Å². The van der Waals surface area contributed by atoms with Crippen molar-refractivity contribution >= 4 is 39.9 Å². The molecule has 3 heterocycles. The van der Waals surface area contributed by atoms with Gasteiger partial charge in [-0.2, -0.15) is 0 Å². The van der Waals surface area contributed by atoms with E-state index in [1.165, 1.54) is 11.3 Å². The number of pyridine rings is 1. The average Bonchev–Trinajstić information content (AvgIpc) is 3.36. The van der Waals surface area contributed by atoms with Gasteiger partial charge < -0.3 is 14.4 Å². The molecule has 0 fully saturated rings. The summed E-state index contributed by atoms with van der Waals surface area (Å²) >= 11 is 7.85. The normalized spacial score (nSPS) is 11.4. The third-order valence-corrected chi connectivity index (χ3v) is 5.95. The summed E-state index contributed by atoms with van der Waals surface area (Å²) in [4.78, 5) is 15.3. The van der Waals surface area contributed by atoms with Crippen LogP contribution < -0.4 is 4.74 Å². The predicted molar refractivity (Wildman–Crippen MR) is 122 cm³/mol. The zero-order valence-electron chi connectivity index (χ0n) is 17.1. The van der Waals surface area contributed by atoms with E-state index < -0.39 is 5.97 Å². The van der Waals surface area contributed by atoms with Crippen molar-refractivity contribution in [2.45, 2.75) is 39.3 Å². The van der Waals surface area contributed by atoms with E-state index in [0.29, 0.717) is 23.7 Å². The van der Waals surface area contributed by atoms with Crippen molar-refractivity contribution in [1.29, 1.82) is 0 Å². The van der Waals surface area contributed by atoms with Gasteiger partial charge in [0.25, 0.3) is 0 Å². The van der Waals surface area contributed by atoms with E-state index in [9.17, 15) is 4.79 Å². The molecule has 0 saturated heterocycles. The summed E-state index contributed by atoms with van der Waals surface area (Å²) < 4.78 is 7.66. The van der Waals surface area contributed by atoms with Crippen LogP contribution in [0.1, 0.15) is 26.7 Å². The minimum Gasteiger partial charge on any atom is -0.489 e. The molecule has 0 saturated carbocycles. The lowest BCUT2D eigenvalue weighted by molar-refractivity contribution is -0.137. The van der Waals surface area contributed by atoms with Gasteiger partial charge in [0.1, 0.15) is 21.4 Å². The van der Waals surface area contributed by atoms with Crippen LogP contribution in [0.4, 0.5) is 0 Å². The summed E-state index contributed by atoms with van der Waals surface area (Å²) in [5.41, 5.74) is 2.62. The van der Waals surface area contributed by atoms with E-state index in [4.69, 9.17) is 21.4 Å². The number of fused-ring (bicyclic) bond motifs is 1. The minimum absolute atomic E-state index is 0.0435. The molecular weight excluding hydrogens is 436 g/mol. The fraction of sp³-hybridized carbons (Fsp3) is 0.273. The second-order valence-corrected chi connectivity index (χ2v) is 8.71. The van der Waals surface area contributed by atoms with Crippen LogP contribution in [0.2, 0.25) is 5.02 Å². The van der Waals surface area contributed by atoms with Crippen LogP contribution in [0.25, 0.3) is 32.2 Å². The van der Waals surface area contributed by atoms with Gasteiger partial charge in [-0.05, 0) is 50.6 Å². The first-order valence-electron chi connectivity index (χ1n) is 9.88. The monoisotopic (exact) mass is 456 g/mol.